The van der Waals surface area contributed by atoms with Crippen LogP contribution in [0.3, 0.4) is 0 Å². The van der Waals surface area contributed by atoms with E-state index in [0.29, 0.717) is 12.1 Å². The number of nitrogens with one attached hydrogen (secondary N) is 1. The summed E-state index contributed by atoms with van der Waals surface area (Å²) < 4.78 is 22.4. The summed E-state index contributed by atoms with van der Waals surface area (Å²) >= 11 is 0. The summed E-state index contributed by atoms with van der Waals surface area (Å²) in [6, 6.07) is 0. The second kappa shape index (κ2) is 4.02. The third kappa shape index (κ3) is 2.38. The van der Waals surface area contributed by atoms with E-state index in [9.17, 15) is 13.2 Å². The van der Waals surface area contributed by atoms with Crippen molar-refractivity contribution in [3.63, 3.8) is 0 Å². The van der Waals surface area contributed by atoms with Crippen molar-refractivity contribution >= 4 is 15.0 Å². The third-order valence-corrected chi connectivity index (χ3v) is 3.54. The number of carbonyl (C=O) groups is 1. The average molecular weight is 203 g/mol. The largest absolute Gasteiger partial charge is 0.312 e. The molecule has 13 heavy (non-hydrogen) atoms. The van der Waals surface area contributed by atoms with Crippen molar-refractivity contribution in [2.24, 2.45) is 0 Å². The summed E-state index contributed by atoms with van der Waals surface area (Å²) in [4.78, 5) is 11.4. The van der Waals surface area contributed by atoms with Crippen LogP contribution in [0.1, 0.15) is 13.3 Å². The van der Waals surface area contributed by atoms with Gasteiger partial charge < -0.3 is 5.32 Å². The Morgan fingerprint density at radius 3 is 2.77 bits per heavy atom. The van der Waals surface area contributed by atoms with Crippen LogP contribution in [0.5, 0.6) is 0 Å². The van der Waals surface area contributed by atoms with Gasteiger partial charge >= 0.3 is 0 Å². The van der Waals surface area contributed by atoms with Gasteiger partial charge in [0.1, 0.15) is 0 Å². The Hall–Kier alpha value is -0.680. The van der Waals surface area contributed by atoms with Crippen LogP contribution < -0.4 is 5.32 Å². The summed E-state index contributed by atoms with van der Waals surface area (Å²) in [7, 11) is -3.54. The van der Waals surface area contributed by atoms with Gasteiger partial charge in [-0.15, -0.1) is 0 Å². The van der Waals surface area contributed by atoms with E-state index in [-0.39, 0.29) is 5.75 Å². The van der Waals surface area contributed by atoms with Crippen LogP contribution in [0.25, 0.3) is 0 Å². The van der Waals surface area contributed by atoms with Crippen molar-refractivity contribution in [3.05, 3.63) is 11.6 Å². The quantitative estimate of drug-likeness (QED) is 0.679. The molecule has 0 saturated heterocycles. The first-order valence-electron chi connectivity index (χ1n) is 4.24. The number of hydrogen-bond acceptors (Lipinski definition) is 4. The average Bonchev–Trinajstić information content (AvgIpc) is 2.18. The highest BCUT2D eigenvalue weighted by Crippen LogP contribution is 2.07. The van der Waals surface area contributed by atoms with Crippen LogP contribution in [0.2, 0.25) is 0 Å². The zero-order valence-electron chi connectivity index (χ0n) is 7.54. The lowest BCUT2D eigenvalue weighted by Gasteiger charge is -2.12. The fourth-order valence-corrected chi connectivity index (χ4v) is 1.95. The van der Waals surface area contributed by atoms with Crippen LogP contribution in [0.4, 0.5) is 0 Å². The zero-order valence-corrected chi connectivity index (χ0v) is 8.36. The minimum Gasteiger partial charge on any atom is -0.312 e. The predicted octanol–water partition coefficient (Wildman–Crippen LogP) is -0.133. The van der Waals surface area contributed by atoms with E-state index in [4.69, 9.17) is 0 Å². The monoisotopic (exact) mass is 203 g/mol. The molecule has 4 nitrogen and oxygen atoms in total. The zero-order chi connectivity index (χ0) is 9.90. The molecule has 0 atom stereocenters. The van der Waals surface area contributed by atoms with Crippen molar-refractivity contribution in [2.75, 3.05) is 18.8 Å². The summed E-state index contributed by atoms with van der Waals surface area (Å²) in [5.41, 5.74) is 0.383. The lowest BCUT2D eigenvalue weighted by molar-refractivity contribution is -0.108. The molecule has 0 bridgehead atoms. The van der Waals surface area contributed by atoms with E-state index in [2.05, 4.69) is 5.32 Å². The lowest BCUT2D eigenvalue weighted by Crippen LogP contribution is -2.30. The highest BCUT2D eigenvalue weighted by Gasteiger charge is 2.24. The van der Waals surface area contributed by atoms with Crippen molar-refractivity contribution in [2.45, 2.75) is 13.3 Å². The Bertz CT molecular complexity index is 329. The molecule has 0 fully saturated rings. The molecule has 0 aromatic carbocycles. The molecule has 1 heterocycles. The van der Waals surface area contributed by atoms with Gasteiger partial charge in [-0.2, -0.15) is 0 Å². The van der Waals surface area contributed by atoms with Gasteiger partial charge in [-0.05, 0) is 13.0 Å². The maximum atomic E-state index is 11.4. The predicted molar refractivity (Wildman–Crippen MR) is 50.0 cm³/mol. The smallest absolute Gasteiger partial charge is 0.273 e. The Labute approximate surface area is 77.9 Å². The van der Waals surface area contributed by atoms with Crippen molar-refractivity contribution in [3.8, 4) is 0 Å². The van der Waals surface area contributed by atoms with Gasteiger partial charge in [0.2, 0.25) is 9.84 Å². The summed E-state index contributed by atoms with van der Waals surface area (Å²) in [5, 5.41) is 2.24. The molecule has 0 unspecified atom stereocenters. The van der Waals surface area contributed by atoms with E-state index in [1.807, 2.05) is 0 Å². The standard InChI is InChI=1S/C8H13NO3S/c1-2-13(11,12)8(10)7-4-3-5-9-6-7/h4,9H,2-3,5-6H2,1H3. The van der Waals surface area contributed by atoms with E-state index in [0.717, 1.165) is 13.0 Å². The SMILES string of the molecule is CCS(=O)(=O)C(=O)C1=CCCNC1. The van der Waals surface area contributed by atoms with Crippen LogP contribution in [-0.4, -0.2) is 32.4 Å². The molecular weight excluding hydrogens is 190 g/mol. The first kappa shape index (κ1) is 10.4. The molecule has 0 spiro atoms. The van der Waals surface area contributed by atoms with E-state index in [1.165, 1.54) is 6.92 Å². The normalized spacial score (nSPS) is 18.1. The summed E-state index contributed by atoms with van der Waals surface area (Å²) in [5.74, 6) is -0.122. The van der Waals surface area contributed by atoms with Gasteiger partial charge in [0.05, 0.1) is 5.75 Å². The maximum absolute atomic E-state index is 11.4. The number of hydrogen-bond donors (Lipinski definition) is 1. The molecule has 1 aliphatic rings. The topological polar surface area (TPSA) is 63.2 Å². The highest BCUT2D eigenvalue weighted by atomic mass is 32.2. The Morgan fingerprint density at radius 1 is 1.62 bits per heavy atom. The fourth-order valence-electron chi connectivity index (χ4n) is 1.13. The van der Waals surface area contributed by atoms with Crippen molar-refractivity contribution < 1.29 is 13.2 Å². The second-order valence-electron chi connectivity index (χ2n) is 2.89. The first-order valence-corrected chi connectivity index (χ1v) is 5.90. The fraction of sp³-hybridized carbons (Fsp3) is 0.625. The first-order chi connectivity index (χ1) is 6.08. The molecule has 0 aromatic heterocycles. The molecule has 0 radical (unpaired) electrons. The molecule has 1 rings (SSSR count). The Balaban J connectivity index is 2.84. The van der Waals surface area contributed by atoms with E-state index in [1.54, 1.807) is 6.08 Å². The second-order valence-corrected chi connectivity index (χ2v) is 5.06. The summed E-state index contributed by atoms with van der Waals surface area (Å²) in [6.45, 7) is 2.66. The van der Waals surface area contributed by atoms with Gasteiger partial charge in [-0.1, -0.05) is 13.0 Å². The van der Waals surface area contributed by atoms with Gasteiger partial charge in [-0.3, -0.25) is 4.79 Å². The molecular formula is C8H13NO3S. The minimum absolute atomic E-state index is 0.122. The van der Waals surface area contributed by atoms with Crippen LogP contribution >= 0.6 is 0 Å². The van der Waals surface area contributed by atoms with E-state index < -0.39 is 15.0 Å². The van der Waals surface area contributed by atoms with E-state index >= 15 is 0 Å². The Kier molecular flexibility index (Phi) is 3.22. The maximum Gasteiger partial charge on any atom is 0.273 e. The highest BCUT2D eigenvalue weighted by molar-refractivity contribution is 8.06. The number of carbonyl (C=O) groups excluding carboxylic acids is 1. The molecule has 74 valence electrons. The lowest BCUT2D eigenvalue weighted by atomic mass is 10.2. The molecule has 1 N–H and O–H groups in total. The minimum atomic E-state index is -3.54. The molecule has 0 aliphatic carbocycles. The molecule has 5 heteroatoms. The Morgan fingerprint density at radius 2 is 2.31 bits per heavy atom. The van der Waals surface area contributed by atoms with Gasteiger partial charge in [0.15, 0.2) is 0 Å². The molecule has 0 saturated carbocycles. The van der Waals surface area contributed by atoms with Gasteiger partial charge in [0, 0.05) is 12.1 Å². The van der Waals surface area contributed by atoms with Crippen LogP contribution in [0.15, 0.2) is 11.6 Å². The van der Waals surface area contributed by atoms with Gasteiger partial charge in [-0.25, -0.2) is 8.42 Å². The van der Waals surface area contributed by atoms with Crippen LogP contribution in [-0.2, 0) is 14.6 Å². The van der Waals surface area contributed by atoms with Crippen LogP contribution in [0, 0.1) is 0 Å². The van der Waals surface area contributed by atoms with Crippen molar-refractivity contribution in [1.82, 2.24) is 5.32 Å². The van der Waals surface area contributed by atoms with Crippen molar-refractivity contribution in [1.29, 1.82) is 0 Å². The molecule has 1 aliphatic heterocycles. The third-order valence-electron chi connectivity index (χ3n) is 1.95. The molecule has 0 aromatic rings. The van der Waals surface area contributed by atoms with Gasteiger partial charge in [0.25, 0.3) is 5.12 Å². The number of sulfone groups is 1. The number of rotatable bonds is 2. The summed E-state index contributed by atoms with van der Waals surface area (Å²) in [6.07, 6.45) is 2.42. The molecule has 0 amide bonds.